The summed E-state index contributed by atoms with van der Waals surface area (Å²) in [6, 6.07) is 1.25. The van der Waals surface area contributed by atoms with Gasteiger partial charge in [0.1, 0.15) is 5.78 Å². The molecule has 0 unspecified atom stereocenters. The highest BCUT2D eigenvalue weighted by Gasteiger charge is 2.44. The first kappa shape index (κ1) is 18.6. The Morgan fingerprint density at radius 1 is 1.33 bits per heavy atom. The average Bonchev–Trinajstić information content (AvgIpc) is 3.05. The number of methoxy groups -OCH3 is 1. The standard InChI is InChI=1S/C10H17NO.C6H5F3N2O/c1-9(12)8-10-4-2-6-11(10)7-3-5-10;1-12-4-2-3-10-5(11-4)6(7,8)9/h2-8H2,1H3;2-3H,1H3. The number of ketones is 1. The number of ether oxygens (including phenoxy) is 1. The van der Waals surface area contributed by atoms with Gasteiger partial charge in [0.05, 0.1) is 7.11 Å². The molecule has 0 amide bonds. The van der Waals surface area contributed by atoms with E-state index in [0.29, 0.717) is 11.3 Å². The van der Waals surface area contributed by atoms with Gasteiger partial charge < -0.3 is 4.74 Å². The molecule has 1 aromatic heterocycles. The van der Waals surface area contributed by atoms with E-state index < -0.39 is 12.0 Å². The minimum atomic E-state index is -4.52. The molecule has 0 atom stereocenters. The molecule has 5 nitrogen and oxygen atoms in total. The lowest BCUT2D eigenvalue weighted by molar-refractivity contribution is -0.145. The van der Waals surface area contributed by atoms with Crippen LogP contribution in [0.5, 0.6) is 5.88 Å². The molecule has 0 aromatic carbocycles. The second-order valence-corrected chi connectivity index (χ2v) is 6.22. The molecule has 0 bridgehead atoms. The molecule has 0 aliphatic carbocycles. The second-order valence-electron chi connectivity index (χ2n) is 6.22. The fourth-order valence-electron chi connectivity index (χ4n) is 3.57. The van der Waals surface area contributed by atoms with Gasteiger partial charge in [-0.05, 0) is 45.7 Å². The zero-order chi connectivity index (χ0) is 17.8. The molecular formula is C16H22F3N3O2. The van der Waals surface area contributed by atoms with Crippen LogP contribution in [-0.4, -0.2) is 46.4 Å². The number of halogens is 3. The summed E-state index contributed by atoms with van der Waals surface area (Å²) in [5.41, 5.74) is 0.311. The Balaban J connectivity index is 0.000000174. The van der Waals surface area contributed by atoms with Crippen molar-refractivity contribution in [3.63, 3.8) is 0 Å². The number of alkyl halides is 3. The fourth-order valence-corrected chi connectivity index (χ4v) is 3.57. The predicted molar refractivity (Wildman–Crippen MR) is 81.7 cm³/mol. The number of carbonyl (C=O) groups excluding carboxylic acids is 1. The van der Waals surface area contributed by atoms with E-state index in [1.165, 1.54) is 51.9 Å². The Labute approximate surface area is 139 Å². The van der Waals surface area contributed by atoms with E-state index in [-0.39, 0.29) is 5.88 Å². The van der Waals surface area contributed by atoms with Crippen molar-refractivity contribution in [1.82, 2.24) is 14.9 Å². The molecule has 2 saturated heterocycles. The summed E-state index contributed by atoms with van der Waals surface area (Å²) in [5.74, 6) is -0.928. The van der Waals surface area contributed by atoms with E-state index in [1.807, 2.05) is 0 Å². The smallest absolute Gasteiger partial charge is 0.451 e. The van der Waals surface area contributed by atoms with Gasteiger partial charge in [-0.15, -0.1) is 0 Å². The zero-order valence-corrected chi connectivity index (χ0v) is 13.9. The number of carbonyl (C=O) groups is 1. The molecular weight excluding hydrogens is 323 g/mol. The maximum atomic E-state index is 11.9. The minimum absolute atomic E-state index is 0.0997. The summed E-state index contributed by atoms with van der Waals surface area (Å²) in [6.07, 6.45) is 2.38. The van der Waals surface area contributed by atoms with Gasteiger partial charge in [-0.2, -0.15) is 18.2 Å². The molecule has 8 heteroatoms. The van der Waals surface area contributed by atoms with Crippen molar-refractivity contribution in [3.8, 4) is 5.88 Å². The Morgan fingerprint density at radius 3 is 2.46 bits per heavy atom. The number of hydrogen-bond acceptors (Lipinski definition) is 5. The SMILES string of the molecule is CC(=O)CC12CCCN1CCC2.COc1ccnc(C(F)(F)F)n1. The van der Waals surface area contributed by atoms with Gasteiger partial charge in [-0.1, -0.05) is 0 Å². The van der Waals surface area contributed by atoms with Gasteiger partial charge in [0.2, 0.25) is 11.7 Å². The third-order valence-electron chi connectivity index (χ3n) is 4.48. The van der Waals surface area contributed by atoms with Gasteiger partial charge in [0.25, 0.3) is 0 Å². The molecule has 24 heavy (non-hydrogen) atoms. The number of rotatable bonds is 3. The third-order valence-corrected chi connectivity index (χ3v) is 4.48. The lowest BCUT2D eigenvalue weighted by Crippen LogP contribution is -2.39. The molecule has 3 rings (SSSR count). The largest absolute Gasteiger partial charge is 0.481 e. The van der Waals surface area contributed by atoms with Crippen LogP contribution in [0.25, 0.3) is 0 Å². The average molecular weight is 345 g/mol. The van der Waals surface area contributed by atoms with Gasteiger partial charge in [-0.3, -0.25) is 9.69 Å². The number of aromatic nitrogens is 2. The van der Waals surface area contributed by atoms with Crippen molar-refractivity contribution in [3.05, 3.63) is 18.1 Å². The fraction of sp³-hybridized carbons (Fsp3) is 0.688. The normalized spacial score (nSPS) is 19.4. The van der Waals surface area contributed by atoms with Gasteiger partial charge in [0.15, 0.2) is 0 Å². The van der Waals surface area contributed by atoms with E-state index in [4.69, 9.17) is 0 Å². The Hall–Kier alpha value is -1.70. The molecule has 134 valence electrons. The highest BCUT2D eigenvalue weighted by molar-refractivity contribution is 5.77. The van der Waals surface area contributed by atoms with Crippen molar-refractivity contribution in [2.75, 3.05) is 20.2 Å². The predicted octanol–water partition coefficient (Wildman–Crippen LogP) is 3.10. The molecule has 0 N–H and O–H groups in total. The lowest BCUT2D eigenvalue weighted by Gasteiger charge is -2.30. The van der Waals surface area contributed by atoms with Gasteiger partial charge in [-0.25, -0.2) is 4.98 Å². The van der Waals surface area contributed by atoms with Crippen LogP contribution in [0.2, 0.25) is 0 Å². The van der Waals surface area contributed by atoms with Crippen LogP contribution >= 0.6 is 0 Å². The summed E-state index contributed by atoms with van der Waals surface area (Å²) in [6.45, 7) is 4.18. The van der Waals surface area contributed by atoms with Crippen LogP contribution < -0.4 is 4.74 Å². The first-order valence-electron chi connectivity index (χ1n) is 7.95. The molecule has 0 saturated carbocycles. The van der Waals surface area contributed by atoms with E-state index in [2.05, 4.69) is 19.6 Å². The Bertz CT molecular complexity index is 568. The molecule has 0 spiro atoms. The van der Waals surface area contributed by atoms with Crippen molar-refractivity contribution >= 4 is 5.78 Å². The van der Waals surface area contributed by atoms with Crippen molar-refractivity contribution in [2.24, 2.45) is 0 Å². The summed E-state index contributed by atoms with van der Waals surface area (Å²) in [4.78, 5) is 19.8. The first-order chi connectivity index (χ1) is 11.3. The van der Waals surface area contributed by atoms with Crippen molar-refractivity contribution in [2.45, 2.75) is 50.7 Å². The van der Waals surface area contributed by atoms with Crippen molar-refractivity contribution in [1.29, 1.82) is 0 Å². The van der Waals surface area contributed by atoms with Crippen LogP contribution in [0, 0.1) is 0 Å². The molecule has 2 aliphatic heterocycles. The topological polar surface area (TPSA) is 55.3 Å². The third kappa shape index (κ3) is 4.43. The summed E-state index contributed by atoms with van der Waals surface area (Å²) >= 11 is 0. The quantitative estimate of drug-likeness (QED) is 0.843. The minimum Gasteiger partial charge on any atom is -0.481 e. The first-order valence-corrected chi connectivity index (χ1v) is 7.95. The zero-order valence-electron chi connectivity index (χ0n) is 13.9. The van der Waals surface area contributed by atoms with Crippen LogP contribution in [0.15, 0.2) is 12.3 Å². The summed E-state index contributed by atoms with van der Waals surface area (Å²) in [7, 11) is 1.24. The molecule has 1 aromatic rings. The van der Waals surface area contributed by atoms with Crippen LogP contribution in [0.3, 0.4) is 0 Å². The van der Waals surface area contributed by atoms with E-state index in [1.54, 1.807) is 6.92 Å². The summed E-state index contributed by atoms with van der Waals surface area (Å²) in [5, 5.41) is 0. The highest BCUT2D eigenvalue weighted by atomic mass is 19.4. The van der Waals surface area contributed by atoms with Gasteiger partial charge in [0, 0.05) is 24.2 Å². The lowest BCUT2D eigenvalue weighted by atomic mass is 9.89. The Morgan fingerprint density at radius 2 is 1.96 bits per heavy atom. The molecule has 0 radical (unpaired) electrons. The van der Waals surface area contributed by atoms with Crippen LogP contribution in [0.4, 0.5) is 13.2 Å². The van der Waals surface area contributed by atoms with Crippen molar-refractivity contribution < 1.29 is 22.7 Å². The molecule has 2 aliphatic rings. The number of nitrogens with zero attached hydrogens (tertiary/aromatic N) is 3. The van der Waals surface area contributed by atoms with E-state index in [0.717, 1.165) is 12.6 Å². The monoisotopic (exact) mass is 345 g/mol. The highest BCUT2D eigenvalue weighted by Crippen LogP contribution is 2.41. The van der Waals surface area contributed by atoms with Crippen LogP contribution in [0.1, 0.15) is 44.9 Å². The maximum Gasteiger partial charge on any atom is 0.451 e. The summed E-state index contributed by atoms with van der Waals surface area (Å²) < 4.78 is 40.3. The Kier molecular flexibility index (Phi) is 5.79. The second kappa shape index (κ2) is 7.46. The molecule has 2 fully saturated rings. The number of hydrogen-bond donors (Lipinski definition) is 0. The number of fused-ring (bicyclic) bond motifs is 1. The molecule has 3 heterocycles. The van der Waals surface area contributed by atoms with E-state index >= 15 is 0 Å². The van der Waals surface area contributed by atoms with Crippen LogP contribution in [-0.2, 0) is 11.0 Å². The van der Waals surface area contributed by atoms with Gasteiger partial charge >= 0.3 is 6.18 Å². The maximum absolute atomic E-state index is 11.9. The van der Waals surface area contributed by atoms with E-state index in [9.17, 15) is 18.0 Å². The number of Topliss-reactive ketones (excluding diaryl/α,β-unsaturated/α-hetero) is 1.